The van der Waals surface area contributed by atoms with Gasteiger partial charge in [-0.25, -0.2) is 0 Å². The highest BCUT2D eigenvalue weighted by Crippen LogP contribution is 2.27. The molecule has 1 unspecified atom stereocenters. The number of benzene rings is 1. The van der Waals surface area contributed by atoms with E-state index in [9.17, 15) is 4.79 Å². The second-order valence-corrected chi connectivity index (χ2v) is 6.81. The van der Waals surface area contributed by atoms with Crippen LogP contribution in [0.3, 0.4) is 0 Å². The fourth-order valence-corrected chi connectivity index (χ4v) is 3.24. The SMILES string of the molecule is Cc1cccc(C(=O)NC(C)c2ccc(Cl)s2)c1Br. The van der Waals surface area contributed by atoms with E-state index in [0.717, 1.165) is 19.2 Å². The Morgan fingerprint density at radius 1 is 1.37 bits per heavy atom. The van der Waals surface area contributed by atoms with Gasteiger partial charge in [0.25, 0.3) is 5.91 Å². The summed E-state index contributed by atoms with van der Waals surface area (Å²) in [6, 6.07) is 9.36. The summed E-state index contributed by atoms with van der Waals surface area (Å²) in [5, 5.41) is 2.98. The molecular weight excluding hydrogens is 346 g/mol. The van der Waals surface area contributed by atoms with Gasteiger partial charge >= 0.3 is 0 Å². The Hall–Kier alpha value is -0.840. The smallest absolute Gasteiger partial charge is 0.252 e. The first-order valence-corrected chi connectivity index (χ1v) is 7.79. The average molecular weight is 359 g/mol. The number of halogens is 2. The van der Waals surface area contributed by atoms with Crippen LogP contribution in [0.1, 0.15) is 33.8 Å². The zero-order chi connectivity index (χ0) is 14.0. The van der Waals surface area contributed by atoms with E-state index in [2.05, 4.69) is 21.2 Å². The van der Waals surface area contributed by atoms with Crippen LogP contribution in [0.25, 0.3) is 0 Å². The van der Waals surface area contributed by atoms with Crippen LogP contribution >= 0.6 is 38.9 Å². The first-order chi connectivity index (χ1) is 8.99. The van der Waals surface area contributed by atoms with Gasteiger partial charge in [-0.1, -0.05) is 23.7 Å². The van der Waals surface area contributed by atoms with Crippen molar-refractivity contribution in [1.82, 2.24) is 5.32 Å². The molecule has 2 rings (SSSR count). The average Bonchev–Trinajstić information content (AvgIpc) is 2.79. The lowest BCUT2D eigenvalue weighted by Crippen LogP contribution is -2.26. The quantitative estimate of drug-likeness (QED) is 0.825. The van der Waals surface area contributed by atoms with Gasteiger partial charge in [0.2, 0.25) is 0 Å². The number of hydrogen-bond donors (Lipinski definition) is 1. The Balaban J connectivity index is 2.15. The molecule has 1 aromatic carbocycles. The highest BCUT2D eigenvalue weighted by atomic mass is 79.9. The largest absolute Gasteiger partial charge is 0.345 e. The molecule has 0 bridgehead atoms. The number of carbonyl (C=O) groups is 1. The van der Waals surface area contributed by atoms with Gasteiger partial charge in [-0.15, -0.1) is 11.3 Å². The molecule has 1 N–H and O–H groups in total. The first-order valence-electron chi connectivity index (χ1n) is 5.80. The van der Waals surface area contributed by atoms with Crippen LogP contribution in [-0.4, -0.2) is 5.91 Å². The fourth-order valence-electron chi connectivity index (χ4n) is 1.73. The van der Waals surface area contributed by atoms with Gasteiger partial charge in [0.05, 0.1) is 15.9 Å². The Morgan fingerprint density at radius 2 is 2.11 bits per heavy atom. The van der Waals surface area contributed by atoms with Crippen LogP contribution in [0.15, 0.2) is 34.8 Å². The number of hydrogen-bond acceptors (Lipinski definition) is 2. The van der Waals surface area contributed by atoms with Crippen LogP contribution in [0, 0.1) is 6.92 Å². The minimum absolute atomic E-state index is 0.0580. The van der Waals surface area contributed by atoms with Gasteiger partial charge in [0, 0.05) is 9.35 Å². The number of aryl methyl sites for hydroxylation is 1. The Morgan fingerprint density at radius 3 is 2.74 bits per heavy atom. The van der Waals surface area contributed by atoms with Gasteiger partial charge in [0.1, 0.15) is 0 Å². The molecule has 2 nitrogen and oxygen atoms in total. The molecule has 0 spiro atoms. The summed E-state index contributed by atoms with van der Waals surface area (Å²) in [7, 11) is 0. The number of nitrogens with one attached hydrogen (secondary N) is 1. The lowest BCUT2D eigenvalue weighted by atomic mass is 10.1. The maximum absolute atomic E-state index is 12.2. The monoisotopic (exact) mass is 357 g/mol. The van der Waals surface area contributed by atoms with Gasteiger partial charge < -0.3 is 5.32 Å². The lowest BCUT2D eigenvalue weighted by Gasteiger charge is -2.13. The summed E-state index contributed by atoms with van der Waals surface area (Å²) in [5.74, 6) is -0.0902. The minimum atomic E-state index is -0.0902. The molecule has 0 aliphatic rings. The predicted molar refractivity (Wildman–Crippen MR) is 84.1 cm³/mol. The summed E-state index contributed by atoms with van der Waals surface area (Å²) < 4.78 is 1.57. The van der Waals surface area contributed by atoms with Crippen LogP contribution in [0.5, 0.6) is 0 Å². The molecule has 2 aromatic rings. The van der Waals surface area contributed by atoms with Gasteiger partial charge in [-0.3, -0.25) is 4.79 Å². The van der Waals surface area contributed by atoms with Crippen LogP contribution < -0.4 is 5.32 Å². The molecule has 1 amide bonds. The van der Waals surface area contributed by atoms with E-state index >= 15 is 0 Å². The number of amides is 1. The summed E-state index contributed by atoms with van der Waals surface area (Å²) in [6.45, 7) is 3.91. The van der Waals surface area contributed by atoms with Gasteiger partial charge in [-0.2, -0.15) is 0 Å². The molecule has 0 saturated carbocycles. The number of rotatable bonds is 3. The summed E-state index contributed by atoms with van der Waals surface area (Å²) in [4.78, 5) is 13.3. The maximum Gasteiger partial charge on any atom is 0.252 e. The molecule has 1 heterocycles. The predicted octanol–water partition coefficient (Wildman–Crippen LogP) is 4.96. The van der Waals surface area contributed by atoms with Gasteiger partial charge in [0.15, 0.2) is 0 Å². The van der Waals surface area contributed by atoms with Crippen molar-refractivity contribution in [3.8, 4) is 0 Å². The van der Waals surface area contributed by atoms with Crippen molar-refractivity contribution in [2.75, 3.05) is 0 Å². The molecule has 1 aromatic heterocycles. The zero-order valence-corrected chi connectivity index (χ0v) is 13.7. The molecule has 0 saturated heterocycles. The van der Waals surface area contributed by atoms with Crippen molar-refractivity contribution in [2.24, 2.45) is 0 Å². The van der Waals surface area contributed by atoms with Crippen LogP contribution in [0.4, 0.5) is 0 Å². The second-order valence-electron chi connectivity index (χ2n) is 4.27. The zero-order valence-electron chi connectivity index (χ0n) is 10.5. The van der Waals surface area contributed by atoms with Crippen molar-refractivity contribution in [1.29, 1.82) is 0 Å². The van der Waals surface area contributed by atoms with Crippen molar-refractivity contribution in [3.05, 3.63) is 55.1 Å². The molecule has 19 heavy (non-hydrogen) atoms. The normalized spacial score (nSPS) is 12.2. The molecule has 100 valence electrons. The van der Waals surface area contributed by atoms with Crippen LogP contribution in [0.2, 0.25) is 4.34 Å². The highest BCUT2D eigenvalue weighted by Gasteiger charge is 2.15. The standard InChI is InChI=1S/C14H13BrClNOS/c1-8-4-3-5-10(13(8)15)14(18)17-9(2)11-6-7-12(16)19-11/h3-7,9H,1-2H3,(H,17,18). The Kier molecular flexibility index (Phi) is 4.66. The third kappa shape index (κ3) is 3.38. The lowest BCUT2D eigenvalue weighted by molar-refractivity contribution is 0.0939. The van der Waals surface area contributed by atoms with Gasteiger partial charge in [-0.05, 0) is 53.5 Å². The van der Waals surface area contributed by atoms with E-state index in [4.69, 9.17) is 11.6 Å². The third-order valence-electron chi connectivity index (χ3n) is 2.80. The molecular formula is C14H13BrClNOS. The fraction of sp³-hybridized carbons (Fsp3) is 0.214. The van der Waals surface area contributed by atoms with E-state index in [0.29, 0.717) is 5.56 Å². The van der Waals surface area contributed by atoms with Crippen molar-refractivity contribution >= 4 is 44.8 Å². The maximum atomic E-state index is 12.2. The molecule has 0 radical (unpaired) electrons. The number of thiophene rings is 1. The number of carbonyl (C=O) groups excluding carboxylic acids is 1. The van der Waals surface area contributed by atoms with Crippen LogP contribution in [-0.2, 0) is 0 Å². The highest BCUT2D eigenvalue weighted by molar-refractivity contribution is 9.10. The first kappa shape index (κ1) is 14.6. The molecule has 0 aliphatic heterocycles. The topological polar surface area (TPSA) is 29.1 Å². The van der Waals surface area contributed by atoms with E-state index in [1.54, 1.807) is 6.07 Å². The molecule has 5 heteroatoms. The molecule has 1 atom stereocenters. The molecule has 0 fully saturated rings. The van der Waals surface area contributed by atoms with E-state index < -0.39 is 0 Å². The van der Waals surface area contributed by atoms with E-state index in [-0.39, 0.29) is 11.9 Å². The Labute approximate surface area is 129 Å². The minimum Gasteiger partial charge on any atom is -0.345 e. The van der Waals surface area contributed by atoms with Crippen molar-refractivity contribution in [3.63, 3.8) is 0 Å². The van der Waals surface area contributed by atoms with E-state index in [1.165, 1.54) is 11.3 Å². The third-order valence-corrected chi connectivity index (χ3v) is 5.27. The molecule has 0 aliphatic carbocycles. The second kappa shape index (κ2) is 6.07. The van der Waals surface area contributed by atoms with Crippen molar-refractivity contribution in [2.45, 2.75) is 19.9 Å². The Bertz CT molecular complexity index is 611. The summed E-state index contributed by atoms with van der Waals surface area (Å²) in [6.07, 6.45) is 0. The summed E-state index contributed by atoms with van der Waals surface area (Å²) >= 11 is 10.8. The van der Waals surface area contributed by atoms with Crippen molar-refractivity contribution < 1.29 is 4.79 Å². The summed E-state index contributed by atoms with van der Waals surface area (Å²) in [5.41, 5.74) is 1.69. The van der Waals surface area contributed by atoms with E-state index in [1.807, 2.05) is 38.1 Å².